The number of nitrogens with one attached hydrogen (secondary N) is 1. The van der Waals surface area contributed by atoms with Crippen LogP contribution in [0.2, 0.25) is 0 Å². The van der Waals surface area contributed by atoms with Gasteiger partial charge in [0.2, 0.25) is 5.82 Å². The molecule has 104 valence electrons. The molecule has 1 aromatic carbocycles. The third kappa shape index (κ3) is 2.07. The molecule has 21 heavy (non-hydrogen) atoms. The van der Waals surface area contributed by atoms with Crippen molar-refractivity contribution in [2.24, 2.45) is 0 Å². The highest BCUT2D eigenvalue weighted by molar-refractivity contribution is 5.68. The van der Waals surface area contributed by atoms with Crippen LogP contribution >= 0.6 is 0 Å². The molecule has 3 heterocycles. The van der Waals surface area contributed by atoms with Crippen LogP contribution in [0.15, 0.2) is 41.2 Å². The summed E-state index contributed by atoms with van der Waals surface area (Å²) in [5.74, 6) is 1.11. The number of anilines is 1. The molecule has 0 aliphatic carbocycles. The fourth-order valence-corrected chi connectivity index (χ4v) is 2.57. The number of aromatic nitrogens is 3. The molecule has 0 bridgehead atoms. The number of pyridine rings is 1. The highest BCUT2D eigenvalue weighted by atomic mass is 16.5. The van der Waals surface area contributed by atoms with Crippen LogP contribution in [0.5, 0.6) is 0 Å². The number of rotatable bonds is 2. The Morgan fingerprint density at radius 1 is 1.24 bits per heavy atom. The molecule has 1 aliphatic heterocycles. The molecule has 1 aliphatic rings. The molecule has 5 nitrogen and oxygen atoms in total. The number of aryl methyl sites for hydroxylation is 1. The van der Waals surface area contributed by atoms with Crippen LogP contribution in [0, 0.1) is 6.92 Å². The number of hydrogen-bond donors (Lipinski definition) is 1. The molecular weight excluding hydrogens is 264 g/mol. The van der Waals surface area contributed by atoms with E-state index in [2.05, 4.69) is 32.6 Å². The second-order valence-electron chi connectivity index (χ2n) is 5.16. The van der Waals surface area contributed by atoms with E-state index in [0.29, 0.717) is 11.7 Å². The van der Waals surface area contributed by atoms with Crippen molar-refractivity contribution in [3.8, 4) is 22.8 Å². The van der Waals surface area contributed by atoms with Gasteiger partial charge in [0.25, 0.3) is 5.89 Å². The van der Waals surface area contributed by atoms with E-state index in [4.69, 9.17) is 4.52 Å². The highest BCUT2D eigenvalue weighted by Crippen LogP contribution is 2.29. The van der Waals surface area contributed by atoms with Crippen molar-refractivity contribution < 1.29 is 4.52 Å². The van der Waals surface area contributed by atoms with Crippen molar-refractivity contribution in [2.75, 3.05) is 11.9 Å². The lowest BCUT2D eigenvalue weighted by Gasteiger charge is -2.01. The Bertz CT molecular complexity index is 810. The summed E-state index contributed by atoms with van der Waals surface area (Å²) in [4.78, 5) is 8.61. The van der Waals surface area contributed by atoms with Crippen LogP contribution in [0.3, 0.4) is 0 Å². The van der Waals surface area contributed by atoms with Gasteiger partial charge in [-0.15, -0.1) is 0 Å². The van der Waals surface area contributed by atoms with Gasteiger partial charge in [-0.3, -0.25) is 4.98 Å². The second kappa shape index (κ2) is 4.70. The first-order valence-electron chi connectivity index (χ1n) is 6.93. The summed E-state index contributed by atoms with van der Waals surface area (Å²) in [6.45, 7) is 3.00. The van der Waals surface area contributed by atoms with E-state index in [-0.39, 0.29) is 0 Å². The predicted molar refractivity (Wildman–Crippen MR) is 79.9 cm³/mol. The molecule has 0 saturated heterocycles. The van der Waals surface area contributed by atoms with E-state index in [1.807, 2.05) is 19.1 Å². The number of hydrogen-bond acceptors (Lipinski definition) is 5. The Hall–Kier alpha value is -2.69. The zero-order valence-electron chi connectivity index (χ0n) is 11.6. The van der Waals surface area contributed by atoms with Gasteiger partial charge in [0.1, 0.15) is 0 Å². The van der Waals surface area contributed by atoms with Crippen LogP contribution in [0.1, 0.15) is 11.1 Å². The fraction of sp³-hybridized carbons (Fsp3) is 0.188. The molecule has 5 heteroatoms. The average Bonchev–Trinajstić information content (AvgIpc) is 3.16. The maximum absolute atomic E-state index is 5.40. The van der Waals surface area contributed by atoms with Crippen LogP contribution in [0.4, 0.5) is 5.69 Å². The number of nitrogens with zero attached hydrogens (tertiary/aromatic N) is 3. The van der Waals surface area contributed by atoms with Gasteiger partial charge in [-0.25, -0.2) is 0 Å². The predicted octanol–water partition coefficient (Wildman–Crippen LogP) is 3.08. The molecule has 0 amide bonds. The molecule has 1 N–H and O–H groups in total. The van der Waals surface area contributed by atoms with Gasteiger partial charge in [0.05, 0.1) is 0 Å². The minimum absolute atomic E-state index is 0.532. The molecule has 3 aromatic rings. The van der Waals surface area contributed by atoms with E-state index < -0.39 is 0 Å². The monoisotopic (exact) mass is 278 g/mol. The first kappa shape index (κ1) is 12.1. The molecule has 2 aromatic heterocycles. The van der Waals surface area contributed by atoms with Crippen molar-refractivity contribution in [1.29, 1.82) is 0 Å². The first-order chi connectivity index (χ1) is 10.3. The van der Waals surface area contributed by atoms with Gasteiger partial charge < -0.3 is 9.84 Å². The molecule has 0 atom stereocenters. The van der Waals surface area contributed by atoms with E-state index in [1.165, 1.54) is 5.56 Å². The molecule has 0 unspecified atom stereocenters. The molecule has 0 radical (unpaired) electrons. The molecule has 0 spiro atoms. The summed E-state index contributed by atoms with van der Waals surface area (Å²) in [5, 5.41) is 7.43. The second-order valence-corrected chi connectivity index (χ2v) is 5.16. The summed E-state index contributed by atoms with van der Waals surface area (Å²) in [6, 6.07) is 8.14. The Balaban J connectivity index is 1.73. The maximum atomic E-state index is 5.40. The quantitative estimate of drug-likeness (QED) is 0.780. The molecule has 4 rings (SSSR count). The van der Waals surface area contributed by atoms with E-state index >= 15 is 0 Å². The lowest BCUT2D eigenvalue weighted by atomic mass is 10.1. The lowest BCUT2D eigenvalue weighted by molar-refractivity contribution is 0.432. The zero-order valence-corrected chi connectivity index (χ0v) is 11.6. The highest BCUT2D eigenvalue weighted by Gasteiger charge is 2.15. The van der Waals surface area contributed by atoms with E-state index in [1.54, 1.807) is 12.4 Å². The molecule has 0 saturated carbocycles. The largest absolute Gasteiger partial charge is 0.384 e. The average molecular weight is 278 g/mol. The van der Waals surface area contributed by atoms with Crippen molar-refractivity contribution in [2.45, 2.75) is 13.3 Å². The standard InChI is InChI=1S/C16H14N4O/c1-10-4-6-17-9-13(10)15-19-16(21-20-15)12-3-2-11-5-7-18-14(11)8-12/h2-4,6,8-9,18H,5,7H2,1H3. The summed E-state index contributed by atoms with van der Waals surface area (Å²) >= 11 is 0. The van der Waals surface area contributed by atoms with Crippen molar-refractivity contribution in [1.82, 2.24) is 15.1 Å². The Kier molecular flexibility index (Phi) is 2.70. The minimum Gasteiger partial charge on any atom is -0.384 e. The fourth-order valence-electron chi connectivity index (χ4n) is 2.57. The zero-order chi connectivity index (χ0) is 14.2. The Morgan fingerprint density at radius 2 is 2.19 bits per heavy atom. The van der Waals surface area contributed by atoms with Gasteiger partial charge in [-0.2, -0.15) is 4.98 Å². The third-order valence-electron chi connectivity index (χ3n) is 3.77. The first-order valence-corrected chi connectivity index (χ1v) is 6.93. The minimum atomic E-state index is 0.532. The van der Waals surface area contributed by atoms with Crippen LogP contribution in [0.25, 0.3) is 22.8 Å². The van der Waals surface area contributed by atoms with Crippen LogP contribution in [-0.2, 0) is 6.42 Å². The Labute approximate surface area is 122 Å². The van der Waals surface area contributed by atoms with Gasteiger partial charge in [0, 0.05) is 35.8 Å². The van der Waals surface area contributed by atoms with E-state index in [0.717, 1.165) is 35.3 Å². The smallest absolute Gasteiger partial charge is 0.258 e. The summed E-state index contributed by atoms with van der Waals surface area (Å²) in [7, 11) is 0. The van der Waals surface area contributed by atoms with Crippen molar-refractivity contribution >= 4 is 5.69 Å². The van der Waals surface area contributed by atoms with Gasteiger partial charge in [0.15, 0.2) is 0 Å². The van der Waals surface area contributed by atoms with Crippen molar-refractivity contribution in [3.05, 3.63) is 47.8 Å². The van der Waals surface area contributed by atoms with Gasteiger partial charge >= 0.3 is 0 Å². The lowest BCUT2D eigenvalue weighted by Crippen LogP contribution is -1.91. The summed E-state index contributed by atoms with van der Waals surface area (Å²) in [6.07, 6.45) is 4.58. The van der Waals surface area contributed by atoms with Gasteiger partial charge in [-0.05, 0) is 42.7 Å². The maximum Gasteiger partial charge on any atom is 0.258 e. The summed E-state index contributed by atoms with van der Waals surface area (Å²) in [5.41, 5.74) is 5.40. The van der Waals surface area contributed by atoms with Gasteiger partial charge in [-0.1, -0.05) is 11.2 Å². The Morgan fingerprint density at radius 3 is 3.10 bits per heavy atom. The summed E-state index contributed by atoms with van der Waals surface area (Å²) < 4.78 is 5.40. The number of benzene rings is 1. The van der Waals surface area contributed by atoms with E-state index in [9.17, 15) is 0 Å². The van der Waals surface area contributed by atoms with Crippen LogP contribution in [-0.4, -0.2) is 21.7 Å². The normalized spacial score (nSPS) is 13.0. The topological polar surface area (TPSA) is 63.8 Å². The van der Waals surface area contributed by atoms with Crippen LogP contribution < -0.4 is 5.32 Å². The molecular formula is C16H14N4O. The molecule has 0 fully saturated rings. The number of fused-ring (bicyclic) bond motifs is 1. The van der Waals surface area contributed by atoms with Crippen molar-refractivity contribution in [3.63, 3.8) is 0 Å². The SMILES string of the molecule is Cc1ccncc1-c1noc(-c2ccc3c(c2)NCC3)n1. The third-order valence-corrected chi connectivity index (χ3v) is 3.77.